The molecule has 0 atom stereocenters. The smallest absolute Gasteiger partial charge is 0.0340 e. The minimum atomic E-state index is 0.940. The van der Waals surface area contributed by atoms with E-state index in [0.29, 0.717) is 0 Å². The van der Waals surface area contributed by atoms with Crippen molar-refractivity contribution in [3.8, 4) is 0 Å². The fraction of sp³-hybridized carbons (Fsp3) is 0.250. The molecule has 0 bridgehead atoms. The van der Waals surface area contributed by atoms with Crippen LogP contribution in [0.15, 0.2) is 60.7 Å². The predicted molar refractivity (Wildman–Crippen MR) is 82.7 cm³/mol. The largest absolute Gasteiger partial charge is 0.384 e. The average molecular weight is 255 g/mol. The first-order valence-corrected chi connectivity index (χ1v) is 6.74. The van der Waals surface area contributed by atoms with E-state index in [2.05, 4.69) is 40.2 Å². The van der Waals surface area contributed by atoms with Crippen LogP contribution in [-0.4, -0.2) is 26.2 Å². The minimum absolute atomic E-state index is 0.940. The summed E-state index contributed by atoms with van der Waals surface area (Å²) in [5, 5.41) is 10.1. The van der Waals surface area contributed by atoms with Crippen LogP contribution in [0.1, 0.15) is 0 Å². The average Bonchev–Trinajstić information content (AvgIpc) is 2.48. The van der Waals surface area contributed by atoms with Crippen molar-refractivity contribution in [3.05, 3.63) is 60.7 Å². The Morgan fingerprint density at radius 3 is 1.37 bits per heavy atom. The molecule has 0 aliphatic heterocycles. The van der Waals surface area contributed by atoms with Crippen molar-refractivity contribution >= 4 is 11.4 Å². The number of rotatable bonds is 8. The lowest BCUT2D eigenvalue weighted by molar-refractivity contribution is 0.719. The lowest BCUT2D eigenvalue weighted by atomic mass is 10.3. The van der Waals surface area contributed by atoms with E-state index >= 15 is 0 Å². The molecule has 2 rings (SSSR count). The highest BCUT2D eigenvalue weighted by atomic mass is 15.0. The zero-order valence-electron chi connectivity index (χ0n) is 11.1. The van der Waals surface area contributed by atoms with E-state index < -0.39 is 0 Å². The Balaban J connectivity index is 1.49. The van der Waals surface area contributed by atoms with E-state index in [1.807, 2.05) is 36.4 Å². The van der Waals surface area contributed by atoms with Crippen LogP contribution in [0, 0.1) is 0 Å². The third-order valence-electron chi connectivity index (χ3n) is 2.81. The van der Waals surface area contributed by atoms with Crippen molar-refractivity contribution in [1.82, 2.24) is 5.32 Å². The van der Waals surface area contributed by atoms with E-state index in [0.717, 1.165) is 26.2 Å². The molecule has 0 saturated heterocycles. The second-order valence-corrected chi connectivity index (χ2v) is 4.34. The topological polar surface area (TPSA) is 36.1 Å². The van der Waals surface area contributed by atoms with E-state index in [9.17, 15) is 0 Å². The van der Waals surface area contributed by atoms with Crippen molar-refractivity contribution in [2.24, 2.45) is 0 Å². The van der Waals surface area contributed by atoms with E-state index in [-0.39, 0.29) is 0 Å². The molecule has 100 valence electrons. The molecule has 0 aliphatic rings. The number of benzene rings is 2. The summed E-state index contributed by atoms with van der Waals surface area (Å²) in [5.74, 6) is 0. The lowest BCUT2D eigenvalue weighted by Crippen LogP contribution is -2.27. The molecule has 0 heterocycles. The molecule has 0 fully saturated rings. The predicted octanol–water partition coefficient (Wildman–Crippen LogP) is 2.80. The number of hydrogen-bond acceptors (Lipinski definition) is 3. The molecule has 0 unspecified atom stereocenters. The van der Waals surface area contributed by atoms with Gasteiger partial charge in [-0.3, -0.25) is 0 Å². The molecular formula is C16H21N3. The standard InChI is InChI=1S/C16H21N3/c1-3-7-15(8-4-1)18-13-11-17-12-14-19-16-9-5-2-6-10-16/h1-10,17-19H,11-14H2. The second-order valence-electron chi connectivity index (χ2n) is 4.34. The van der Waals surface area contributed by atoms with E-state index in [1.165, 1.54) is 11.4 Å². The van der Waals surface area contributed by atoms with Crippen LogP contribution in [0.25, 0.3) is 0 Å². The number of anilines is 2. The molecule has 3 heteroatoms. The van der Waals surface area contributed by atoms with Crippen molar-refractivity contribution in [1.29, 1.82) is 0 Å². The van der Waals surface area contributed by atoms with Crippen LogP contribution < -0.4 is 16.0 Å². The molecular weight excluding hydrogens is 234 g/mol. The highest BCUT2D eigenvalue weighted by Gasteiger charge is 1.91. The SMILES string of the molecule is c1ccc(NCCNCCNc2ccccc2)cc1. The van der Waals surface area contributed by atoms with Gasteiger partial charge >= 0.3 is 0 Å². The normalized spacial score (nSPS) is 10.1. The Bertz CT molecular complexity index is 399. The second kappa shape index (κ2) is 8.16. The van der Waals surface area contributed by atoms with Crippen molar-refractivity contribution in [2.45, 2.75) is 0 Å². The van der Waals surface area contributed by atoms with Crippen molar-refractivity contribution in [3.63, 3.8) is 0 Å². The van der Waals surface area contributed by atoms with Crippen LogP contribution in [0.5, 0.6) is 0 Å². The third-order valence-corrected chi connectivity index (χ3v) is 2.81. The van der Waals surface area contributed by atoms with Crippen LogP contribution in [0.2, 0.25) is 0 Å². The summed E-state index contributed by atoms with van der Waals surface area (Å²) >= 11 is 0. The van der Waals surface area contributed by atoms with Crippen molar-refractivity contribution < 1.29 is 0 Å². The highest BCUT2D eigenvalue weighted by Crippen LogP contribution is 2.04. The van der Waals surface area contributed by atoms with Crippen LogP contribution in [0.3, 0.4) is 0 Å². The summed E-state index contributed by atoms with van der Waals surface area (Å²) in [6.07, 6.45) is 0. The first-order chi connectivity index (χ1) is 9.45. The highest BCUT2D eigenvalue weighted by molar-refractivity contribution is 5.43. The quantitative estimate of drug-likeness (QED) is 0.635. The number of para-hydroxylation sites is 2. The van der Waals surface area contributed by atoms with Gasteiger partial charge in [0.25, 0.3) is 0 Å². The summed E-state index contributed by atoms with van der Waals surface area (Å²) in [6.45, 7) is 3.81. The van der Waals surface area contributed by atoms with Gasteiger partial charge in [0, 0.05) is 37.6 Å². The Labute approximate surface area is 115 Å². The molecule has 2 aromatic carbocycles. The lowest BCUT2D eigenvalue weighted by Gasteiger charge is -2.09. The first-order valence-electron chi connectivity index (χ1n) is 6.74. The Morgan fingerprint density at radius 1 is 0.526 bits per heavy atom. The molecule has 19 heavy (non-hydrogen) atoms. The maximum atomic E-state index is 3.40. The summed E-state index contributed by atoms with van der Waals surface area (Å²) in [6, 6.07) is 20.5. The molecule has 0 radical (unpaired) electrons. The molecule has 0 aliphatic carbocycles. The van der Waals surface area contributed by atoms with Gasteiger partial charge in [-0.05, 0) is 24.3 Å². The molecule has 0 saturated carbocycles. The molecule has 2 aromatic rings. The summed E-state index contributed by atoms with van der Waals surface area (Å²) in [5.41, 5.74) is 2.35. The minimum Gasteiger partial charge on any atom is -0.384 e. The third kappa shape index (κ3) is 5.44. The molecule has 3 N–H and O–H groups in total. The van der Waals surface area contributed by atoms with Gasteiger partial charge < -0.3 is 16.0 Å². The molecule has 0 spiro atoms. The van der Waals surface area contributed by atoms with Gasteiger partial charge in [-0.25, -0.2) is 0 Å². The van der Waals surface area contributed by atoms with Crippen LogP contribution >= 0.6 is 0 Å². The number of hydrogen-bond donors (Lipinski definition) is 3. The van der Waals surface area contributed by atoms with Gasteiger partial charge in [-0.2, -0.15) is 0 Å². The summed E-state index contributed by atoms with van der Waals surface area (Å²) in [4.78, 5) is 0. The zero-order chi connectivity index (χ0) is 13.2. The van der Waals surface area contributed by atoms with Crippen molar-refractivity contribution in [2.75, 3.05) is 36.8 Å². The van der Waals surface area contributed by atoms with Gasteiger partial charge in [0.15, 0.2) is 0 Å². The van der Waals surface area contributed by atoms with E-state index in [1.54, 1.807) is 0 Å². The molecule has 0 aromatic heterocycles. The fourth-order valence-electron chi connectivity index (χ4n) is 1.83. The van der Waals surface area contributed by atoms with Gasteiger partial charge in [-0.15, -0.1) is 0 Å². The van der Waals surface area contributed by atoms with Crippen LogP contribution in [0.4, 0.5) is 11.4 Å². The molecule has 3 nitrogen and oxygen atoms in total. The maximum absolute atomic E-state index is 3.40. The number of nitrogens with one attached hydrogen (secondary N) is 3. The van der Waals surface area contributed by atoms with Gasteiger partial charge in [0.05, 0.1) is 0 Å². The summed E-state index contributed by atoms with van der Waals surface area (Å²) < 4.78 is 0. The Morgan fingerprint density at radius 2 is 0.947 bits per heavy atom. The van der Waals surface area contributed by atoms with Gasteiger partial charge in [0.1, 0.15) is 0 Å². The first kappa shape index (κ1) is 13.4. The maximum Gasteiger partial charge on any atom is 0.0340 e. The van der Waals surface area contributed by atoms with Gasteiger partial charge in [-0.1, -0.05) is 36.4 Å². The fourth-order valence-corrected chi connectivity index (χ4v) is 1.83. The zero-order valence-corrected chi connectivity index (χ0v) is 11.1. The van der Waals surface area contributed by atoms with Gasteiger partial charge in [0.2, 0.25) is 0 Å². The van der Waals surface area contributed by atoms with E-state index in [4.69, 9.17) is 0 Å². The monoisotopic (exact) mass is 255 g/mol. The summed E-state index contributed by atoms with van der Waals surface area (Å²) in [7, 11) is 0. The molecule has 0 amide bonds. The Hall–Kier alpha value is -2.00. The Kier molecular flexibility index (Phi) is 5.77. The van der Waals surface area contributed by atoms with Crippen LogP contribution in [-0.2, 0) is 0 Å².